The van der Waals surface area contributed by atoms with E-state index in [9.17, 15) is 0 Å². The summed E-state index contributed by atoms with van der Waals surface area (Å²) >= 11 is 1.88. The van der Waals surface area contributed by atoms with Gasteiger partial charge in [-0.15, -0.1) is 0 Å². The normalized spacial score (nSPS) is 32.3. The van der Waals surface area contributed by atoms with Gasteiger partial charge < -0.3 is 10.1 Å². The van der Waals surface area contributed by atoms with Crippen molar-refractivity contribution in [3.8, 4) is 0 Å². The van der Waals surface area contributed by atoms with E-state index >= 15 is 0 Å². The average molecular weight is 270 g/mol. The van der Waals surface area contributed by atoms with Crippen molar-refractivity contribution in [2.45, 2.75) is 51.5 Å². The molecule has 0 radical (unpaired) electrons. The van der Waals surface area contributed by atoms with E-state index in [2.05, 4.69) is 19.2 Å². The van der Waals surface area contributed by atoms with Crippen LogP contribution in [0.15, 0.2) is 4.99 Å². The molecule has 3 nitrogen and oxygen atoms in total. The van der Waals surface area contributed by atoms with E-state index < -0.39 is 0 Å². The van der Waals surface area contributed by atoms with Gasteiger partial charge in [-0.2, -0.15) is 0 Å². The first kappa shape index (κ1) is 14.2. The molecular formula is C14H26N2OS. The highest BCUT2D eigenvalue weighted by molar-refractivity contribution is 8.13. The van der Waals surface area contributed by atoms with Crippen LogP contribution in [-0.2, 0) is 4.74 Å². The number of nitrogens with zero attached hydrogens (tertiary/aromatic N) is 1. The molecule has 0 aromatic heterocycles. The van der Waals surface area contributed by atoms with E-state index in [4.69, 9.17) is 9.73 Å². The van der Waals surface area contributed by atoms with Crippen LogP contribution in [0.2, 0.25) is 0 Å². The van der Waals surface area contributed by atoms with Gasteiger partial charge in [-0.05, 0) is 44.4 Å². The van der Waals surface area contributed by atoms with Crippen molar-refractivity contribution in [3.63, 3.8) is 0 Å². The number of ether oxygens (including phenoxy) is 1. The molecule has 1 atom stereocenters. The van der Waals surface area contributed by atoms with Crippen LogP contribution in [0.5, 0.6) is 0 Å². The molecule has 4 heteroatoms. The maximum atomic E-state index is 5.19. The highest BCUT2D eigenvalue weighted by Gasteiger charge is 2.42. The number of hydrogen-bond acceptors (Lipinski definition) is 3. The number of amidine groups is 1. The molecule has 1 N–H and O–H groups in total. The van der Waals surface area contributed by atoms with Crippen LogP contribution in [0.4, 0.5) is 0 Å². The quantitative estimate of drug-likeness (QED) is 0.805. The maximum Gasteiger partial charge on any atom is 0.156 e. The molecule has 0 amide bonds. The Morgan fingerprint density at radius 2 is 2.17 bits per heavy atom. The first-order valence-electron chi connectivity index (χ1n) is 7.06. The Morgan fingerprint density at radius 3 is 2.78 bits per heavy atom. The SMILES string of the molecule is CCC1(C)CCSC(=NCC2(CCOC)CC2)N1. The standard InChI is InChI=1S/C14H26N2OS/c1-4-13(2)8-10-18-12(16-13)15-11-14(5-6-14)7-9-17-3/h4-11H2,1-3H3,(H,15,16). The number of aliphatic imine (C=N–C) groups is 1. The van der Waals surface area contributed by atoms with Gasteiger partial charge in [0.25, 0.3) is 0 Å². The average Bonchev–Trinajstić information content (AvgIpc) is 3.15. The number of thioether (sulfide) groups is 1. The van der Waals surface area contributed by atoms with Crippen LogP contribution >= 0.6 is 11.8 Å². The predicted octanol–water partition coefficient (Wildman–Crippen LogP) is 3.05. The van der Waals surface area contributed by atoms with Gasteiger partial charge in [0.1, 0.15) is 0 Å². The molecule has 0 bridgehead atoms. The summed E-state index contributed by atoms with van der Waals surface area (Å²) in [5, 5.41) is 4.78. The van der Waals surface area contributed by atoms with E-state index in [1.54, 1.807) is 7.11 Å². The fraction of sp³-hybridized carbons (Fsp3) is 0.929. The molecule has 104 valence electrons. The maximum absolute atomic E-state index is 5.19. The molecule has 1 unspecified atom stereocenters. The van der Waals surface area contributed by atoms with Crippen molar-refractivity contribution < 1.29 is 4.74 Å². The van der Waals surface area contributed by atoms with Crippen molar-refractivity contribution in [1.29, 1.82) is 0 Å². The van der Waals surface area contributed by atoms with Gasteiger partial charge in [0.05, 0.1) is 0 Å². The smallest absolute Gasteiger partial charge is 0.156 e. The summed E-state index contributed by atoms with van der Waals surface area (Å²) in [5.74, 6) is 1.20. The van der Waals surface area contributed by atoms with Crippen molar-refractivity contribution in [1.82, 2.24) is 5.32 Å². The van der Waals surface area contributed by atoms with Gasteiger partial charge in [0.15, 0.2) is 5.17 Å². The molecule has 18 heavy (non-hydrogen) atoms. The lowest BCUT2D eigenvalue weighted by molar-refractivity contribution is 0.174. The minimum Gasteiger partial charge on any atom is -0.385 e. The molecule has 1 heterocycles. The number of nitrogens with one attached hydrogen (secondary N) is 1. The Balaban J connectivity index is 1.85. The largest absolute Gasteiger partial charge is 0.385 e. The minimum atomic E-state index is 0.257. The van der Waals surface area contributed by atoms with E-state index in [1.807, 2.05) is 11.8 Å². The molecule has 1 aliphatic heterocycles. The molecule has 0 aromatic rings. The van der Waals surface area contributed by atoms with Gasteiger partial charge in [0, 0.05) is 31.6 Å². The fourth-order valence-electron chi connectivity index (χ4n) is 2.30. The Kier molecular flexibility index (Phi) is 4.59. The second kappa shape index (κ2) is 5.83. The van der Waals surface area contributed by atoms with Gasteiger partial charge in [0.2, 0.25) is 0 Å². The Labute approximate surface area is 115 Å². The summed E-state index contributed by atoms with van der Waals surface area (Å²) in [5.41, 5.74) is 0.721. The summed E-state index contributed by atoms with van der Waals surface area (Å²) in [4.78, 5) is 4.83. The lowest BCUT2D eigenvalue weighted by Crippen LogP contribution is -2.48. The van der Waals surface area contributed by atoms with E-state index in [-0.39, 0.29) is 5.54 Å². The van der Waals surface area contributed by atoms with Crippen LogP contribution in [0.25, 0.3) is 0 Å². The third-order valence-corrected chi connectivity index (χ3v) is 5.35. The molecule has 0 spiro atoms. The Bertz CT molecular complexity index is 315. The van der Waals surface area contributed by atoms with Crippen molar-refractivity contribution in [2.24, 2.45) is 10.4 Å². The van der Waals surface area contributed by atoms with Crippen LogP contribution in [0.3, 0.4) is 0 Å². The molecule has 1 saturated carbocycles. The first-order chi connectivity index (χ1) is 8.61. The van der Waals surface area contributed by atoms with Crippen LogP contribution in [0.1, 0.15) is 46.0 Å². The van der Waals surface area contributed by atoms with Crippen molar-refractivity contribution in [3.05, 3.63) is 0 Å². The number of methoxy groups -OCH3 is 1. The van der Waals surface area contributed by atoms with E-state index in [1.165, 1.54) is 31.4 Å². The number of hydrogen-bond donors (Lipinski definition) is 1. The summed E-state index contributed by atoms with van der Waals surface area (Å²) in [6.07, 6.45) is 6.21. The lowest BCUT2D eigenvalue weighted by Gasteiger charge is -2.35. The second-order valence-electron chi connectivity index (χ2n) is 6.00. The molecule has 2 fully saturated rings. The third kappa shape index (κ3) is 3.64. The summed E-state index contributed by atoms with van der Waals surface area (Å²) in [6.45, 7) is 6.41. The lowest BCUT2D eigenvalue weighted by atomic mass is 9.96. The van der Waals surface area contributed by atoms with Crippen LogP contribution < -0.4 is 5.32 Å². The predicted molar refractivity (Wildman–Crippen MR) is 79.4 cm³/mol. The Hall–Kier alpha value is -0.220. The second-order valence-corrected chi connectivity index (χ2v) is 7.09. The molecule has 1 aliphatic carbocycles. The topological polar surface area (TPSA) is 33.6 Å². The highest BCUT2D eigenvalue weighted by Crippen LogP contribution is 2.49. The summed E-state index contributed by atoms with van der Waals surface area (Å²) in [7, 11) is 1.78. The Morgan fingerprint density at radius 1 is 1.39 bits per heavy atom. The van der Waals surface area contributed by atoms with E-state index in [0.717, 1.165) is 24.7 Å². The zero-order valence-corrected chi connectivity index (χ0v) is 12.7. The first-order valence-corrected chi connectivity index (χ1v) is 8.04. The highest BCUT2D eigenvalue weighted by atomic mass is 32.2. The molecule has 2 rings (SSSR count). The van der Waals surface area contributed by atoms with Crippen LogP contribution in [-0.4, -0.2) is 36.7 Å². The monoisotopic (exact) mass is 270 g/mol. The van der Waals surface area contributed by atoms with E-state index in [0.29, 0.717) is 5.41 Å². The van der Waals surface area contributed by atoms with Crippen molar-refractivity contribution >= 4 is 16.9 Å². The van der Waals surface area contributed by atoms with Gasteiger partial charge in [-0.3, -0.25) is 4.99 Å². The molecule has 2 aliphatic rings. The van der Waals surface area contributed by atoms with Gasteiger partial charge in [-0.1, -0.05) is 18.7 Å². The summed E-state index contributed by atoms with van der Waals surface area (Å²) < 4.78 is 5.19. The van der Waals surface area contributed by atoms with Crippen LogP contribution in [0, 0.1) is 5.41 Å². The zero-order valence-electron chi connectivity index (χ0n) is 11.9. The number of rotatable bonds is 6. The molecule has 1 saturated heterocycles. The van der Waals surface area contributed by atoms with Gasteiger partial charge >= 0.3 is 0 Å². The third-order valence-electron chi connectivity index (χ3n) is 4.43. The fourth-order valence-corrected chi connectivity index (χ4v) is 3.52. The molecule has 0 aromatic carbocycles. The van der Waals surface area contributed by atoms with Crippen molar-refractivity contribution in [2.75, 3.05) is 26.0 Å². The molecular weight excluding hydrogens is 244 g/mol. The minimum absolute atomic E-state index is 0.257. The summed E-state index contributed by atoms with van der Waals surface area (Å²) in [6, 6.07) is 0. The van der Waals surface area contributed by atoms with Gasteiger partial charge in [-0.25, -0.2) is 0 Å². The zero-order chi connectivity index (χ0) is 13.1.